The number of hydrogen-bond donors (Lipinski definition) is 2. The van der Waals surface area contributed by atoms with Crippen LogP contribution < -0.4 is 20.4 Å². The number of fused-ring (bicyclic) bond motifs is 1. The van der Waals surface area contributed by atoms with Crippen molar-refractivity contribution in [2.24, 2.45) is 0 Å². The van der Waals surface area contributed by atoms with E-state index >= 15 is 0 Å². The van der Waals surface area contributed by atoms with E-state index in [0.717, 1.165) is 53.7 Å². The second-order valence-electron chi connectivity index (χ2n) is 9.76. The monoisotopic (exact) mass is 561 g/mol. The third kappa shape index (κ3) is 5.54. The molecule has 0 radical (unpaired) electrons. The number of anilines is 4. The zero-order chi connectivity index (χ0) is 27.6. The largest absolute Gasteiger partial charge is 0.377 e. The van der Waals surface area contributed by atoms with Crippen LogP contribution in [0.5, 0.6) is 0 Å². The van der Waals surface area contributed by atoms with E-state index in [2.05, 4.69) is 42.5 Å². The molecule has 13 heteroatoms. The Bertz CT molecular complexity index is 1490. The van der Waals surface area contributed by atoms with Crippen LogP contribution in [-0.4, -0.2) is 63.5 Å². The van der Waals surface area contributed by atoms with Gasteiger partial charge in [-0.2, -0.15) is 0 Å². The van der Waals surface area contributed by atoms with Crippen LogP contribution >= 0.6 is 11.6 Å². The van der Waals surface area contributed by atoms with Crippen molar-refractivity contribution in [3.05, 3.63) is 64.9 Å². The smallest absolute Gasteiger partial charge is 0.324 e. The van der Waals surface area contributed by atoms with Gasteiger partial charge >= 0.3 is 6.03 Å². The molecule has 1 saturated heterocycles. The fourth-order valence-corrected chi connectivity index (χ4v) is 5.17. The molecule has 2 aliphatic heterocycles. The number of halogens is 1. The molecule has 5 heterocycles. The van der Waals surface area contributed by atoms with E-state index in [1.807, 2.05) is 37.3 Å². The molecule has 2 N–H and O–H groups in total. The summed E-state index contributed by atoms with van der Waals surface area (Å²) >= 11 is 6.17. The van der Waals surface area contributed by atoms with Gasteiger partial charge in [0.25, 0.3) is 0 Å². The van der Waals surface area contributed by atoms with Crippen LogP contribution in [0.3, 0.4) is 0 Å². The molecular weight excluding hydrogens is 534 g/mol. The summed E-state index contributed by atoms with van der Waals surface area (Å²) < 4.78 is 10.4. The van der Waals surface area contributed by atoms with E-state index in [0.29, 0.717) is 37.1 Å². The first-order chi connectivity index (χ1) is 19.4. The Hall–Kier alpha value is -4.29. The van der Waals surface area contributed by atoms with Gasteiger partial charge in [-0.1, -0.05) is 5.16 Å². The Morgan fingerprint density at radius 2 is 1.93 bits per heavy atom. The zero-order valence-electron chi connectivity index (χ0n) is 22.1. The summed E-state index contributed by atoms with van der Waals surface area (Å²) in [4.78, 5) is 35.5. The minimum atomic E-state index is -0.421. The van der Waals surface area contributed by atoms with Gasteiger partial charge < -0.3 is 24.4 Å². The quantitative estimate of drug-likeness (QED) is 0.339. The summed E-state index contributed by atoms with van der Waals surface area (Å²) in [5, 5.41) is 9.30. The minimum Gasteiger partial charge on any atom is -0.377 e. The Morgan fingerprint density at radius 3 is 2.67 bits per heavy atom. The van der Waals surface area contributed by atoms with Crippen LogP contribution in [0.15, 0.2) is 47.2 Å². The van der Waals surface area contributed by atoms with Crippen LogP contribution in [-0.2, 0) is 17.7 Å². The lowest BCUT2D eigenvalue weighted by Crippen LogP contribution is -2.45. The van der Waals surface area contributed by atoms with Crippen molar-refractivity contribution in [1.82, 2.24) is 25.1 Å². The average Bonchev–Trinajstić information content (AvgIpc) is 3.45. The van der Waals surface area contributed by atoms with Gasteiger partial charge in [-0.25, -0.2) is 24.7 Å². The molecule has 0 saturated carbocycles. The SMILES string of the molecule is Cc1cc(N2CCc3c(nc(-c4ccc(NC(=O)Nc5ccon5)cc4)nc3N3CCOC[C@@H]3C)C2)nc(Cl)n1. The maximum atomic E-state index is 12.3. The number of nitrogens with one attached hydrogen (secondary N) is 2. The fourth-order valence-electron chi connectivity index (χ4n) is 4.95. The van der Waals surface area contributed by atoms with Gasteiger partial charge in [0.2, 0.25) is 5.28 Å². The van der Waals surface area contributed by atoms with Gasteiger partial charge in [-0.3, -0.25) is 5.32 Å². The predicted molar refractivity (Wildman–Crippen MR) is 151 cm³/mol. The number of hydrogen-bond acceptors (Lipinski definition) is 10. The molecule has 0 bridgehead atoms. The molecule has 6 rings (SSSR count). The highest BCUT2D eigenvalue weighted by molar-refractivity contribution is 6.28. The van der Waals surface area contributed by atoms with Crippen molar-refractivity contribution in [3.8, 4) is 11.4 Å². The topological polar surface area (TPSA) is 134 Å². The van der Waals surface area contributed by atoms with Crippen LogP contribution in [0.2, 0.25) is 5.28 Å². The third-order valence-corrected chi connectivity index (χ3v) is 7.07. The standard InChI is InChI=1S/C27H28ClN9O3/c1-16-13-23(33-26(28)29-16)36-9-7-20-21(14-36)31-24(34-25(20)37-10-12-39-15-17(37)2)18-3-5-19(6-4-18)30-27(38)32-22-8-11-40-35-22/h3-6,8,11,13,17H,7,9-10,12,14-15H2,1-2H3,(H2,30,32,35,38)/t17-/m0/s1. The molecule has 12 nitrogen and oxygen atoms in total. The molecule has 1 atom stereocenters. The number of urea groups is 1. The molecule has 2 amide bonds. The molecule has 0 aliphatic carbocycles. The third-order valence-electron chi connectivity index (χ3n) is 6.90. The van der Waals surface area contributed by atoms with E-state index in [1.165, 1.54) is 6.26 Å². The van der Waals surface area contributed by atoms with E-state index < -0.39 is 6.03 Å². The number of benzene rings is 1. The fraction of sp³-hybridized carbons (Fsp3) is 0.333. The van der Waals surface area contributed by atoms with Gasteiger partial charge in [0.15, 0.2) is 11.6 Å². The van der Waals surface area contributed by atoms with Gasteiger partial charge in [0.1, 0.15) is 17.9 Å². The van der Waals surface area contributed by atoms with Crippen LogP contribution in [0.25, 0.3) is 11.4 Å². The molecular formula is C27H28ClN9O3. The number of aryl methyl sites for hydroxylation is 1. The minimum absolute atomic E-state index is 0.191. The van der Waals surface area contributed by atoms with Crippen molar-refractivity contribution in [1.29, 1.82) is 0 Å². The number of carbonyl (C=O) groups excluding carboxylic acids is 1. The second kappa shape index (κ2) is 11.1. The van der Waals surface area contributed by atoms with Gasteiger partial charge in [-0.05, 0) is 56.1 Å². The second-order valence-corrected chi connectivity index (χ2v) is 10.1. The highest BCUT2D eigenvalue weighted by Gasteiger charge is 2.29. The number of amides is 2. The summed E-state index contributed by atoms with van der Waals surface area (Å²) in [6.07, 6.45) is 2.16. The van der Waals surface area contributed by atoms with E-state index in [4.69, 9.17) is 30.8 Å². The van der Waals surface area contributed by atoms with Crippen LogP contribution in [0.4, 0.5) is 27.9 Å². The number of morpholine rings is 1. The van der Waals surface area contributed by atoms with Crippen molar-refractivity contribution in [2.75, 3.05) is 46.7 Å². The van der Waals surface area contributed by atoms with Crippen molar-refractivity contribution in [2.45, 2.75) is 32.9 Å². The molecule has 4 aromatic rings. The molecule has 3 aromatic heterocycles. The molecule has 1 fully saturated rings. The highest BCUT2D eigenvalue weighted by atomic mass is 35.5. The summed E-state index contributed by atoms with van der Waals surface area (Å²) in [5.74, 6) is 2.67. The van der Waals surface area contributed by atoms with Crippen molar-refractivity contribution >= 4 is 40.8 Å². The van der Waals surface area contributed by atoms with E-state index in [1.54, 1.807) is 6.07 Å². The molecule has 0 unspecified atom stereocenters. The number of ether oxygens (including phenoxy) is 1. The number of nitrogens with zero attached hydrogens (tertiary/aromatic N) is 7. The van der Waals surface area contributed by atoms with E-state index in [9.17, 15) is 4.79 Å². The maximum Gasteiger partial charge on any atom is 0.324 e. The number of rotatable bonds is 5. The molecule has 40 heavy (non-hydrogen) atoms. The van der Waals surface area contributed by atoms with Gasteiger partial charge in [0, 0.05) is 47.7 Å². The Morgan fingerprint density at radius 1 is 1.07 bits per heavy atom. The molecule has 1 aromatic carbocycles. The lowest BCUT2D eigenvalue weighted by Gasteiger charge is -2.38. The normalized spacial score (nSPS) is 16.9. The maximum absolute atomic E-state index is 12.3. The Kier molecular flexibility index (Phi) is 7.18. The summed E-state index contributed by atoms with van der Waals surface area (Å²) in [7, 11) is 0. The van der Waals surface area contributed by atoms with Crippen LogP contribution in [0, 0.1) is 6.92 Å². The number of carbonyl (C=O) groups is 1. The lowest BCUT2D eigenvalue weighted by molar-refractivity contribution is 0.0984. The lowest BCUT2D eigenvalue weighted by atomic mass is 10.0. The van der Waals surface area contributed by atoms with Crippen molar-refractivity contribution < 1.29 is 14.1 Å². The Labute approximate surface area is 235 Å². The Balaban J connectivity index is 1.30. The molecule has 2 aliphatic rings. The number of aromatic nitrogens is 5. The van der Waals surface area contributed by atoms with Crippen molar-refractivity contribution in [3.63, 3.8) is 0 Å². The van der Waals surface area contributed by atoms with Gasteiger partial charge in [0.05, 0.1) is 31.5 Å². The first-order valence-electron chi connectivity index (χ1n) is 13.0. The highest BCUT2D eigenvalue weighted by Crippen LogP contribution is 2.33. The first kappa shape index (κ1) is 26.0. The predicted octanol–water partition coefficient (Wildman–Crippen LogP) is 4.32. The summed E-state index contributed by atoms with van der Waals surface area (Å²) in [6, 6.07) is 10.7. The van der Waals surface area contributed by atoms with Crippen LogP contribution in [0.1, 0.15) is 23.9 Å². The first-order valence-corrected chi connectivity index (χ1v) is 13.4. The summed E-state index contributed by atoms with van der Waals surface area (Å²) in [5.41, 5.74) is 4.37. The molecule has 0 spiro atoms. The summed E-state index contributed by atoms with van der Waals surface area (Å²) in [6.45, 7) is 7.46. The van der Waals surface area contributed by atoms with E-state index in [-0.39, 0.29) is 11.3 Å². The average molecular weight is 562 g/mol. The van der Waals surface area contributed by atoms with Gasteiger partial charge in [-0.15, -0.1) is 0 Å². The molecule has 206 valence electrons. The zero-order valence-corrected chi connectivity index (χ0v) is 22.9.